The molecule has 0 aliphatic rings. The summed E-state index contributed by atoms with van der Waals surface area (Å²) in [5.74, 6) is 0.724. The number of benzene rings is 1. The van der Waals surface area contributed by atoms with Crippen LogP contribution in [0.15, 0.2) is 42.7 Å². The summed E-state index contributed by atoms with van der Waals surface area (Å²) in [5.41, 5.74) is 2.43. The second-order valence-corrected chi connectivity index (χ2v) is 6.16. The number of rotatable bonds is 8. The SMILES string of the molecule is CC(C)CNCCCC(C)n1cc(-c2ccccc2)cn1. The van der Waals surface area contributed by atoms with Crippen molar-refractivity contribution < 1.29 is 0 Å². The van der Waals surface area contributed by atoms with Crippen LogP contribution in [0.1, 0.15) is 39.7 Å². The number of aromatic nitrogens is 2. The van der Waals surface area contributed by atoms with E-state index < -0.39 is 0 Å². The fourth-order valence-electron chi connectivity index (χ4n) is 2.40. The molecule has 1 unspecified atom stereocenters. The zero-order chi connectivity index (χ0) is 15.1. The third kappa shape index (κ3) is 5.01. The summed E-state index contributed by atoms with van der Waals surface area (Å²) in [6.07, 6.45) is 6.46. The molecule has 1 atom stereocenters. The van der Waals surface area contributed by atoms with Crippen LogP contribution >= 0.6 is 0 Å². The van der Waals surface area contributed by atoms with Crippen molar-refractivity contribution >= 4 is 0 Å². The molecule has 0 saturated carbocycles. The van der Waals surface area contributed by atoms with E-state index in [-0.39, 0.29) is 0 Å². The van der Waals surface area contributed by atoms with E-state index in [0.717, 1.165) is 25.4 Å². The smallest absolute Gasteiger partial charge is 0.0568 e. The van der Waals surface area contributed by atoms with E-state index in [1.54, 1.807) is 0 Å². The Morgan fingerprint density at radius 2 is 1.86 bits per heavy atom. The monoisotopic (exact) mass is 285 g/mol. The fraction of sp³-hybridized carbons (Fsp3) is 0.500. The third-order valence-electron chi connectivity index (χ3n) is 3.69. The highest BCUT2D eigenvalue weighted by Gasteiger charge is 2.07. The van der Waals surface area contributed by atoms with Crippen molar-refractivity contribution in [1.29, 1.82) is 0 Å². The molecule has 0 aliphatic carbocycles. The largest absolute Gasteiger partial charge is 0.316 e. The van der Waals surface area contributed by atoms with Gasteiger partial charge in [0.1, 0.15) is 0 Å². The summed E-state index contributed by atoms with van der Waals surface area (Å²) < 4.78 is 2.09. The van der Waals surface area contributed by atoms with Crippen LogP contribution in [0, 0.1) is 5.92 Å². The first-order chi connectivity index (χ1) is 10.2. The molecule has 3 heteroatoms. The molecule has 0 aliphatic heterocycles. The van der Waals surface area contributed by atoms with Gasteiger partial charge in [-0.3, -0.25) is 4.68 Å². The minimum absolute atomic E-state index is 0.448. The van der Waals surface area contributed by atoms with Gasteiger partial charge in [0.25, 0.3) is 0 Å². The molecule has 1 aromatic carbocycles. The molecule has 114 valence electrons. The quantitative estimate of drug-likeness (QED) is 0.739. The lowest BCUT2D eigenvalue weighted by atomic mass is 10.1. The molecule has 0 spiro atoms. The zero-order valence-corrected chi connectivity index (χ0v) is 13.4. The summed E-state index contributed by atoms with van der Waals surface area (Å²) in [6, 6.07) is 10.9. The average Bonchev–Trinajstić information content (AvgIpc) is 2.97. The summed E-state index contributed by atoms with van der Waals surface area (Å²) >= 11 is 0. The number of nitrogens with one attached hydrogen (secondary N) is 1. The van der Waals surface area contributed by atoms with Gasteiger partial charge < -0.3 is 5.32 Å². The molecule has 2 aromatic rings. The third-order valence-corrected chi connectivity index (χ3v) is 3.69. The predicted molar refractivity (Wildman–Crippen MR) is 89.3 cm³/mol. The van der Waals surface area contributed by atoms with Gasteiger partial charge in [-0.15, -0.1) is 0 Å². The summed E-state index contributed by atoms with van der Waals surface area (Å²) in [7, 11) is 0. The maximum Gasteiger partial charge on any atom is 0.0568 e. The predicted octanol–water partition coefficient (Wildman–Crippen LogP) is 4.14. The van der Waals surface area contributed by atoms with Crippen molar-refractivity contribution in [2.45, 2.75) is 39.7 Å². The standard InChI is InChI=1S/C18H27N3/c1-15(2)12-19-11-7-8-16(3)21-14-18(13-20-21)17-9-5-4-6-10-17/h4-6,9-10,13-16,19H,7-8,11-12H2,1-3H3. The van der Waals surface area contributed by atoms with Crippen LogP contribution in [0.3, 0.4) is 0 Å². The Kier molecular flexibility index (Phi) is 6.00. The van der Waals surface area contributed by atoms with Crippen LogP contribution in [-0.4, -0.2) is 22.9 Å². The average molecular weight is 285 g/mol. The van der Waals surface area contributed by atoms with Gasteiger partial charge in [-0.25, -0.2) is 0 Å². The molecular formula is C18H27N3. The van der Waals surface area contributed by atoms with Gasteiger partial charge in [0.2, 0.25) is 0 Å². The minimum Gasteiger partial charge on any atom is -0.316 e. The molecule has 1 aromatic heterocycles. The van der Waals surface area contributed by atoms with Gasteiger partial charge >= 0.3 is 0 Å². The first-order valence-electron chi connectivity index (χ1n) is 7.97. The van der Waals surface area contributed by atoms with Gasteiger partial charge in [0.05, 0.1) is 6.20 Å². The molecule has 0 amide bonds. The molecule has 0 radical (unpaired) electrons. The van der Waals surface area contributed by atoms with Crippen molar-refractivity contribution in [2.75, 3.05) is 13.1 Å². The van der Waals surface area contributed by atoms with Gasteiger partial charge in [-0.05, 0) is 44.3 Å². The molecule has 1 heterocycles. The Labute approximate surface area is 128 Å². The number of hydrogen-bond acceptors (Lipinski definition) is 2. The lowest BCUT2D eigenvalue weighted by Crippen LogP contribution is -2.21. The van der Waals surface area contributed by atoms with Crippen molar-refractivity contribution in [2.24, 2.45) is 5.92 Å². The number of nitrogens with zero attached hydrogens (tertiary/aromatic N) is 2. The van der Waals surface area contributed by atoms with E-state index >= 15 is 0 Å². The summed E-state index contributed by atoms with van der Waals surface area (Å²) in [4.78, 5) is 0. The Balaban J connectivity index is 1.81. The summed E-state index contributed by atoms with van der Waals surface area (Å²) in [5, 5.41) is 8.01. The van der Waals surface area contributed by atoms with E-state index in [1.165, 1.54) is 17.5 Å². The molecular weight excluding hydrogens is 258 g/mol. The molecule has 0 bridgehead atoms. The first-order valence-corrected chi connectivity index (χ1v) is 7.97. The van der Waals surface area contributed by atoms with E-state index in [0.29, 0.717) is 6.04 Å². The normalized spacial score (nSPS) is 12.8. The number of hydrogen-bond donors (Lipinski definition) is 1. The van der Waals surface area contributed by atoms with Crippen molar-refractivity contribution in [1.82, 2.24) is 15.1 Å². The zero-order valence-electron chi connectivity index (χ0n) is 13.4. The van der Waals surface area contributed by atoms with Crippen LogP contribution < -0.4 is 5.32 Å². The molecule has 3 nitrogen and oxygen atoms in total. The summed E-state index contributed by atoms with van der Waals surface area (Å²) in [6.45, 7) is 8.92. The van der Waals surface area contributed by atoms with Crippen LogP contribution in [0.4, 0.5) is 0 Å². The highest BCUT2D eigenvalue weighted by atomic mass is 15.3. The van der Waals surface area contributed by atoms with Crippen LogP contribution in [0.2, 0.25) is 0 Å². The van der Waals surface area contributed by atoms with E-state index in [9.17, 15) is 0 Å². The minimum atomic E-state index is 0.448. The Bertz CT molecular complexity index is 516. The first kappa shape index (κ1) is 15.8. The highest BCUT2D eigenvalue weighted by Crippen LogP contribution is 2.20. The van der Waals surface area contributed by atoms with Gasteiger partial charge in [0.15, 0.2) is 0 Å². The van der Waals surface area contributed by atoms with Crippen molar-refractivity contribution in [3.05, 3.63) is 42.7 Å². The van der Waals surface area contributed by atoms with Gasteiger partial charge in [-0.1, -0.05) is 44.2 Å². The second-order valence-electron chi connectivity index (χ2n) is 6.16. The molecule has 2 rings (SSSR count). The van der Waals surface area contributed by atoms with Gasteiger partial charge in [0, 0.05) is 17.8 Å². The molecule has 0 fully saturated rings. The van der Waals surface area contributed by atoms with E-state index in [1.807, 2.05) is 12.3 Å². The maximum absolute atomic E-state index is 4.52. The second kappa shape index (κ2) is 7.99. The van der Waals surface area contributed by atoms with E-state index in [2.05, 4.69) is 66.3 Å². The van der Waals surface area contributed by atoms with E-state index in [4.69, 9.17) is 0 Å². The highest BCUT2D eigenvalue weighted by molar-refractivity contribution is 5.61. The maximum atomic E-state index is 4.52. The van der Waals surface area contributed by atoms with Crippen LogP contribution in [0.25, 0.3) is 11.1 Å². The molecule has 1 N–H and O–H groups in total. The molecule has 21 heavy (non-hydrogen) atoms. The lowest BCUT2D eigenvalue weighted by molar-refractivity contribution is 0.433. The Hall–Kier alpha value is -1.61. The Morgan fingerprint density at radius 3 is 2.57 bits per heavy atom. The lowest BCUT2D eigenvalue weighted by Gasteiger charge is -2.13. The molecule has 0 saturated heterocycles. The van der Waals surface area contributed by atoms with Gasteiger partial charge in [-0.2, -0.15) is 5.10 Å². The Morgan fingerprint density at radius 1 is 1.10 bits per heavy atom. The fourth-order valence-corrected chi connectivity index (χ4v) is 2.40. The topological polar surface area (TPSA) is 29.9 Å². The van der Waals surface area contributed by atoms with Crippen LogP contribution in [0.5, 0.6) is 0 Å². The van der Waals surface area contributed by atoms with Crippen molar-refractivity contribution in [3.8, 4) is 11.1 Å². The van der Waals surface area contributed by atoms with Crippen LogP contribution in [-0.2, 0) is 0 Å². The van der Waals surface area contributed by atoms with Crippen molar-refractivity contribution in [3.63, 3.8) is 0 Å².